The van der Waals surface area contributed by atoms with Crippen molar-refractivity contribution in [2.24, 2.45) is 17.8 Å². The summed E-state index contributed by atoms with van der Waals surface area (Å²) in [6.07, 6.45) is 7.24. The standard InChI is InChI=1S/C33H43ClN2O5S/c1-21(2)31-8-4-3-7-29(37)26-12-9-24(26)18-36-19-33(15-5-6-22-16-25(34)11-13-27(22)33)20-41-30-14-10-23(17-28(30)36)32(38)35-42(31,39)40/h10-11,13-14,16-17,21,24,26,29,31,37H,3-9,12,15,18-20H2,1-2H3,(H,35,38)/t24-,26+,29-,31-,33-/m0/s1. The molecule has 5 atom stereocenters. The number of rotatable bonds is 1. The van der Waals surface area contributed by atoms with Gasteiger partial charge in [0.2, 0.25) is 10.0 Å². The monoisotopic (exact) mass is 614 g/mol. The van der Waals surface area contributed by atoms with Crippen LogP contribution < -0.4 is 14.4 Å². The highest BCUT2D eigenvalue weighted by atomic mass is 35.5. The fourth-order valence-corrected chi connectivity index (χ4v) is 9.81. The molecule has 2 bridgehead atoms. The van der Waals surface area contributed by atoms with Crippen LogP contribution in [0, 0.1) is 17.8 Å². The minimum Gasteiger partial charge on any atom is -0.490 e. The first-order valence-corrected chi connectivity index (χ1v) is 17.5. The summed E-state index contributed by atoms with van der Waals surface area (Å²) in [4.78, 5) is 15.8. The molecule has 228 valence electrons. The summed E-state index contributed by atoms with van der Waals surface area (Å²) >= 11 is 6.39. The molecule has 2 heterocycles. The molecular formula is C33H43ClN2O5S. The van der Waals surface area contributed by atoms with Crippen LogP contribution in [0.2, 0.25) is 5.02 Å². The van der Waals surface area contributed by atoms with Crippen LogP contribution in [0.1, 0.15) is 86.7 Å². The molecule has 1 fully saturated rings. The van der Waals surface area contributed by atoms with E-state index < -0.39 is 27.3 Å². The Balaban J connectivity index is 1.41. The number of sulfonamides is 1. The van der Waals surface area contributed by atoms with Gasteiger partial charge in [0.1, 0.15) is 5.75 Å². The third kappa shape index (κ3) is 5.67. The summed E-state index contributed by atoms with van der Waals surface area (Å²) in [7, 11) is -3.89. The largest absolute Gasteiger partial charge is 0.490 e. The molecule has 0 aromatic heterocycles. The first-order valence-electron chi connectivity index (χ1n) is 15.6. The molecule has 4 aliphatic rings. The maximum absolute atomic E-state index is 13.4. The first kappa shape index (κ1) is 29.8. The summed E-state index contributed by atoms with van der Waals surface area (Å²) in [5.41, 5.74) is 3.40. The maximum atomic E-state index is 13.4. The predicted molar refractivity (Wildman–Crippen MR) is 166 cm³/mol. The van der Waals surface area contributed by atoms with Crippen molar-refractivity contribution < 1.29 is 23.1 Å². The van der Waals surface area contributed by atoms with Crippen molar-refractivity contribution >= 4 is 33.2 Å². The first-order chi connectivity index (χ1) is 20.1. The zero-order valence-corrected chi connectivity index (χ0v) is 26.2. The summed E-state index contributed by atoms with van der Waals surface area (Å²) in [6.45, 7) is 5.74. The van der Waals surface area contributed by atoms with Gasteiger partial charge in [0.05, 0.1) is 23.6 Å². The van der Waals surface area contributed by atoms with Gasteiger partial charge in [-0.1, -0.05) is 44.4 Å². The predicted octanol–water partition coefficient (Wildman–Crippen LogP) is 5.86. The molecule has 1 amide bonds. The number of halogens is 1. The Labute approximate surface area is 255 Å². The normalized spacial score (nSPS) is 31.3. The molecular weight excluding hydrogens is 572 g/mol. The van der Waals surface area contributed by atoms with E-state index in [9.17, 15) is 18.3 Å². The Hall–Kier alpha value is -2.29. The minimum absolute atomic E-state index is 0.143. The van der Waals surface area contributed by atoms with Gasteiger partial charge >= 0.3 is 0 Å². The Morgan fingerprint density at radius 1 is 1.07 bits per heavy atom. The second-order valence-corrected chi connectivity index (χ2v) is 15.7. The molecule has 1 spiro atoms. The highest BCUT2D eigenvalue weighted by molar-refractivity contribution is 7.90. The van der Waals surface area contributed by atoms with Gasteiger partial charge in [0.15, 0.2) is 0 Å². The van der Waals surface area contributed by atoms with Gasteiger partial charge < -0.3 is 14.7 Å². The van der Waals surface area contributed by atoms with E-state index in [4.69, 9.17) is 16.3 Å². The van der Waals surface area contributed by atoms with Crippen molar-refractivity contribution in [1.29, 1.82) is 0 Å². The van der Waals surface area contributed by atoms with Crippen molar-refractivity contribution in [1.82, 2.24) is 4.72 Å². The van der Waals surface area contributed by atoms with Crippen LogP contribution in [0.5, 0.6) is 5.75 Å². The van der Waals surface area contributed by atoms with Crippen molar-refractivity contribution in [3.8, 4) is 5.75 Å². The van der Waals surface area contributed by atoms with Crippen LogP contribution in [0.15, 0.2) is 36.4 Å². The summed E-state index contributed by atoms with van der Waals surface area (Å²) < 4.78 is 35.7. The van der Waals surface area contributed by atoms with Gasteiger partial charge in [0, 0.05) is 29.1 Å². The van der Waals surface area contributed by atoms with E-state index in [0.29, 0.717) is 49.6 Å². The average Bonchev–Trinajstić information content (AvgIpc) is 3.06. The van der Waals surface area contributed by atoms with Gasteiger partial charge in [-0.05, 0) is 104 Å². The number of amides is 1. The number of aliphatic hydroxyl groups is 1. The molecule has 6 rings (SSSR count). The average molecular weight is 615 g/mol. The van der Waals surface area contributed by atoms with Crippen LogP contribution in [-0.2, 0) is 21.9 Å². The second-order valence-electron chi connectivity index (χ2n) is 13.4. The number of carbonyl (C=O) groups excluding carboxylic acids is 1. The number of nitrogens with zero attached hydrogens (tertiary/aromatic N) is 1. The van der Waals surface area contributed by atoms with E-state index in [1.54, 1.807) is 12.1 Å². The lowest BCUT2D eigenvalue weighted by atomic mass is 9.68. The van der Waals surface area contributed by atoms with E-state index in [-0.39, 0.29) is 17.3 Å². The highest BCUT2D eigenvalue weighted by Gasteiger charge is 2.44. The van der Waals surface area contributed by atoms with Crippen molar-refractivity contribution in [3.05, 3.63) is 58.1 Å². The number of aryl methyl sites for hydroxylation is 1. The van der Waals surface area contributed by atoms with E-state index >= 15 is 0 Å². The molecule has 0 saturated heterocycles. The summed E-state index contributed by atoms with van der Waals surface area (Å²) in [5.74, 6) is 0.505. The number of hydrogen-bond acceptors (Lipinski definition) is 6. The van der Waals surface area contributed by atoms with Crippen molar-refractivity contribution in [2.75, 3.05) is 24.6 Å². The summed E-state index contributed by atoms with van der Waals surface area (Å²) in [6, 6.07) is 11.5. The van der Waals surface area contributed by atoms with Gasteiger partial charge in [-0.3, -0.25) is 4.79 Å². The molecule has 9 heteroatoms. The van der Waals surface area contributed by atoms with Crippen LogP contribution in [-0.4, -0.2) is 50.5 Å². The third-order valence-corrected chi connectivity index (χ3v) is 12.6. The molecule has 0 unspecified atom stereocenters. The number of hydrogen-bond donors (Lipinski definition) is 2. The molecule has 2 aromatic rings. The lowest BCUT2D eigenvalue weighted by molar-refractivity contribution is 0.00901. The van der Waals surface area contributed by atoms with Crippen molar-refractivity contribution in [3.63, 3.8) is 0 Å². The number of ether oxygens (including phenoxy) is 1. The SMILES string of the molecule is CC(C)[C@@H]1CCCC[C@H](O)[C@@H]2CC[C@H]2CN2C[C@@]3(CCCc4cc(Cl)ccc43)COc3ccc(cc32)C(=O)NS1(=O)=O. The summed E-state index contributed by atoms with van der Waals surface area (Å²) in [5, 5.41) is 11.3. The number of anilines is 1. The fourth-order valence-electron chi connectivity index (χ4n) is 7.89. The lowest BCUT2D eigenvalue weighted by Crippen LogP contribution is -2.49. The maximum Gasteiger partial charge on any atom is 0.264 e. The van der Waals surface area contributed by atoms with Crippen LogP contribution in [0.4, 0.5) is 5.69 Å². The molecule has 7 nitrogen and oxygen atoms in total. The molecule has 1 saturated carbocycles. The molecule has 2 aromatic carbocycles. The number of aliphatic hydroxyl groups excluding tert-OH is 1. The smallest absolute Gasteiger partial charge is 0.264 e. The molecule has 2 N–H and O–H groups in total. The van der Waals surface area contributed by atoms with Crippen molar-refractivity contribution in [2.45, 2.75) is 88.4 Å². The molecule has 42 heavy (non-hydrogen) atoms. The van der Waals surface area contributed by atoms with Crippen LogP contribution in [0.25, 0.3) is 0 Å². The Kier molecular flexibility index (Phi) is 8.26. The molecule has 2 aliphatic carbocycles. The topological polar surface area (TPSA) is 95.9 Å². The van der Waals surface area contributed by atoms with Gasteiger partial charge in [0.25, 0.3) is 5.91 Å². The Bertz CT molecular complexity index is 1450. The quantitative estimate of drug-likeness (QED) is 0.418. The van der Waals surface area contributed by atoms with E-state index in [2.05, 4.69) is 21.8 Å². The molecule has 2 aliphatic heterocycles. The lowest BCUT2D eigenvalue weighted by Gasteiger charge is -2.45. The van der Waals surface area contributed by atoms with Gasteiger partial charge in [-0.25, -0.2) is 13.1 Å². The number of fused-ring (bicyclic) bond motifs is 4. The Morgan fingerprint density at radius 3 is 2.64 bits per heavy atom. The second kappa shape index (κ2) is 11.7. The Morgan fingerprint density at radius 2 is 1.88 bits per heavy atom. The van der Waals surface area contributed by atoms with E-state index in [0.717, 1.165) is 55.8 Å². The van der Waals surface area contributed by atoms with Crippen LogP contribution in [0.3, 0.4) is 0 Å². The fraction of sp³-hybridized carbons (Fsp3) is 0.606. The number of nitrogens with one attached hydrogen (secondary N) is 1. The zero-order chi connectivity index (χ0) is 29.6. The van der Waals surface area contributed by atoms with Crippen LogP contribution >= 0.6 is 11.6 Å². The number of benzene rings is 2. The molecule has 0 radical (unpaired) electrons. The zero-order valence-electron chi connectivity index (χ0n) is 24.6. The third-order valence-electron chi connectivity index (χ3n) is 10.3. The van der Waals surface area contributed by atoms with E-state index in [1.165, 1.54) is 11.1 Å². The van der Waals surface area contributed by atoms with Gasteiger partial charge in [-0.15, -0.1) is 0 Å². The van der Waals surface area contributed by atoms with E-state index in [1.807, 2.05) is 26.0 Å². The van der Waals surface area contributed by atoms with Gasteiger partial charge in [-0.2, -0.15) is 0 Å². The number of carbonyl (C=O) groups is 1. The minimum atomic E-state index is -3.89. The highest BCUT2D eigenvalue weighted by Crippen LogP contribution is 2.47.